The molecule has 0 bridgehead atoms. The molecule has 0 saturated heterocycles. The Labute approximate surface area is 89.7 Å². The zero-order valence-electron chi connectivity index (χ0n) is 9.11. The third-order valence-corrected chi connectivity index (χ3v) is 2.37. The summed E-state index contributed by atoms with van der Waals surface area (Å²) >= 11 is 0. The summed E-state index contributed by atoms with van der Waals surface area (Å²) in [6, 6.07) is 8.65. The lowest BCUT2D eigenvalue weighted by molar-refractivity contribution is 0.0858. The molecule has 0 N–H and O–H groups in total. The van der Waals surface area contributed by atoms with E-state index in [0.717, 1.165) is 0 Å². The Morgan fingerprint density at radius 1 is 1.33 bits per heavy atom. The second kappa shape index (κ2) is 5.61. The number of halogens is 1. The summed E-state index contributed by atoms with van der Waals surface area (Å²) in [5, 5.41) is 0. The molecular weight excluding hydrogens is 193 g/mol. The van der Waals surface area contributed by atoms with Crippen LogP contribution in [0.25, 0.3) is 0 Å². The lowest BCUT2D eigenvalue weighted by Gasteiger charge is -2.21. The normalized spacial score (nSPS) is 12.8. The summed E-state index contributed by atoms with van der Waals surface area (Å²) in [7, 11) is 3.59. The first kappa shape index (κ1) is 11.9. The van der Waals surface area contributed by atoms with Crippen LogP contribution in [0.4, 0.5) is 4.39 Å². The molecule has 1 aromatic rings. The van der Waals surface area contributed by atoms with Crippen LogP contribution in [0.5, 0.6) is 0 Å². The summed E-state index contributed by atoms with van der Waals surface area (Å²) in [5.41, 5.74) is 0.643. The first-order valence-corrected chi connectivity index (χ1v) is 4.98. The van der Waals surface area contributed by atoms with Gasteiger partial charge in [-0.15, -0.1) is 0 Å². The maximum Gasteiger partial charge on any atom is 0.180 e. The van der Waals surface area contributed by atoms with Crippen molar-refractivity contribution in [2.45, 2.75) is 12.5 Å². The van der Waals surface area contributed by atoms with E-state index in [1.807, 2.05) is 18.2 Å². The van der Waals surface area contributed by atoms with Crippen LogP contribution in [0.15, 0.2) is 30.3 Å². The second-order valence-corrected chi connectivity index (χ2v) is 3.69. The van der Waals surface area contributed by atoms with Gasteiger partial charge >= 0.3 is 0 Å². The largest absolute Gasteiger partial charge is 0.299 e. The van der Waals surface area contributed by atoms with Gasteiger partial charge in [0.15, 0.2) is 5.78 Å². The van der Waals surface area contributed by atoms with Gasteiger partial charge in [-0.3, -0.25) is 14.1 Å². The number of rotatable bonds is 5. The summed E-state index contributed by atoms with van der Waals surface area (Å²) in [6.45, 7) is -0.471. The Morgan fingerprint density at radius 2 is 1.93 bits per heavy atom. The molecule has 0 aliphatic heterocycles. The molecule has 0 spiro atoms. The molecule has 1 unspecified atom stereocenters. The van der Waals surface area contributed by atoms with Crippen molar-refractivity contribution in [2.24, 2.45) is 0 Å². The molecule has 0 heterocycles. The van der Waals surface area contributed by atoms with E-state index in [0.29, 0.717) is 5.56 Å². The number of hydrogen-bond donors (Lipinski definition) is 0. The first-order valence-electron chi connectivity index (χ1n) is 4.98. The monoisotopic (exact) mass is 209 g/mol. The maximum absolute atomic E-state index is 12.3. The molecule has 0 radical (unpaired) electrons. The lowest BCUT2D eigenvalue weighted by Crippen LogP contribution is -2.36. The molecule has 3 heteroatoms. The van der Waals surface area contributed by atoms with E-state index < -0.39 is 6.67 Å². The highest BCUT2D eigenvalue weighted by molar-refractivity contribution is 6.00. The number of benzene rings is 1. The third-order valence-electron chi connectivity index (χ3n) is 2.37. The Morgan fingerprint density at radius 3 is 2.40 bits per heavy atom. The Hall–Kier alpha value is -1.22. The maximum atomic E-state index is 12.3. The van der Waals surface area contributed by atoms with Crippen LogP contribution < -0.4 is 0 Å². The molecule has 1 aromatic carbocycles. The highest BCUT2D eigenvalue weighted by atomic mass is 19.1. The quantitative estimate of drug-likeness (QED) is 0.693. The molecule has 1 atom stereocenters. The van der Waals surface area contributed by atoms with Crippen LogP contribution in [0, 0.1) is 0 Å². The first-order chi connectivity index (χ1) is 7.16. The van der Waals surface area contributed by atoms with Crippen LogP contribution in [0.3, 0.4) is 0 Å². The van der Waals surface area contributed by atoms with Crippen molar-refractivity contribution in [3.63, 3.8) is 0 Å². The Kier molecular flexibility index (Phi) is 4.43. The number of ketones is 1. The van der Waals surface area contributed by atoms with Crippen molar-refractivity contribution >= 4 is 5.78 Å². The molecular formula is C12H16FNO. The second-order valence-electron chi connectivity index (χ2n) is 3.69. The fourth-order valence-corrected chi connectivity index (χ4v) is 1.52. The number of carbonyl (C=O) groups excluding carboxylic acids is 1. The number of Topliss-reactive ketones (excluding diaryl/α,β-unsaturated/α-hetero) is 1. The average Bonchev–Trinajstić information content (AvgIpc) is 2.26. The smallest absolute Gasteiger partial charge is 0.180 e. The van der Waals surface area contributed by atoms with Crippen molar-refractivity contribution in [3.05, 3.63) is 35.9 Å². The van der Waals surface area contributed by atoms with E-state index in [1.54, 1.807) is 31.1 Å². The van der Waals surface area contributed by atoms with Gasteiger partial charge in [0, 0.05) is 5.56 Å². The van der Waals surface area contributed by atoms with Crippen molar-refractivity contribution in [1.82, 2.24) is 4.90 Å². The van der Waals surface area contributed by atoms with Gasteiger partial charge in [-0.05, 0) is 20.5 Å². The van der Waals surface area contributed by atoms with Crippen molar-refractivity contribution in [1.29, 1.82) is 0 Å². The molecule has 1 rings (SSSR count). The van der Waals surface area contributed by atoms with Gasteiger partial charge in [0.1, 0.15) is 0 Å². The number of alkyl halides is 1. The van der Waals surface area contributed by atoms with Gasteiger partial charge in [0.25, 0.3) is 0 Å². The van der Waals surface area contributed by atoms with Crippen molar-refractivity contribution in [2.75, 3.05) is 20.8 Å². The van der Waals surface area contributed by atoms with Crippen molar-refractivity contribution in [3.8, 4) is 0 Å². The van der Waals surface area contributed by atoms with E-state index in [2.05, 4.69) is 0 Å². The van der Waals surface area contributed by atoms with Crippen LogP contribution in [0.2, 0.25) is 0 Å². The van der Waals surface area contributed by atoms with Crippen LogP contribution in [-0.2, 0) is 0 Å². The third kappa shape index (κ3) is 3.13. The number of hydrogen-bond acceptors (Lipinski definition) is 2. The standard InChI is InChI=1S/C12H16FNO/c1-14(2)11(8-9-13)12(15)10-6-4-3-5-7-10/h3-7,11H,8-9H2,1-2H3. The lowest BCUT2D eigenvalue weighted by atomic mass is 10.0. The van der Waals surface area contributed by atoms with Crippen LogP contribution >= 0.6 is 0 Å². The zero-order chi connectivity index (χ0) is 11.3. The van der Waals surface area contributed by atoms with Gasteiger partial charge in [-0.1, -0.05) is 30.3 Å². The average molecular weight is 209 g/mol. The van der Waals surface area contributed by atoms with Gasteiger partial charge in [0.2, 0.25) is 0 Å². The summed E-state index contributed by atoms with van der Waals surface area (Å²) < 4.78 is 12.3. The zero-order valence-corrected chi connectivity index (χ0v) is 9.11. The number of carbonyl (C=O) groups is 1. The molecule has 15 heavy (non-hydrogen) atoms. The molecule has 0 saturated carbocycles. The molecule has 2 nitrogen and oxygen atoms in total. The SMILES string of the molecule is CN(C)C(CCF)C(=O)c1ccccc1. The van der Waals surface area contributed by atoms with Crippen LogP contribution in [0.1, 0.15) is 16.8 Å². The minimum absolute atomic E-state index is 0.0155. The van der Waals surface area contributed by atoms with Crippen molar-refractivity contribution < 1.29 is 9.18 Å². The van der Waals surface area contributed by atoms with E-state index in [4.69, 9.17) is 0 Å². The van der Waals surface area contributed by atoms with Gasteiger partial charge in [-0.25, -0.2) is 0 Å². The highest BCUT2D eigenvalue weighted by Gasteiger charge is 2.21. The minimum atomic E-state index is -0.471. The van der Waals surface area contributed by atoms with E-state index >= 15 is 0 Å². The molecule has 0 aromatic heterocycles. The molecule has 0 fully saturated rings. The fraction of sp³-hybridized carbons (Fsp3) is 0.417. The molecule has 0 aliphatic rings. The molecule has 0 aliphatic carbocycles. The summed E-state index contributed by atoms with van der Waals surface area (Å²) in [5.74, 6) is -0.0155. The predicted octanol–water partition coefficient (Wildman–Crippen LogP) is 2.16. The molecule has 82 valence electrons. The van der Waals surface area contributed by atoms with Crippen LogP contribution in [-0.4, -0.2) is 37.5 Å². The summed E-state index contributed by atoms with van der Waals surface area (Å²) in [6.07, 6.45) is 0.251. The minimum Gasteiger partial charge on any atom is -0.299 e. The predicted molar refractivity (Wildman–Crippen MR) is 58.8 cm³/mol. The van der Waals surface area contributed by atoms with Gasteiger partial charge in [0.05, 0.1) is 12.7 Å². The van der Waals surface area contributed by atoms with E-state index in [-0.39, 0.29) is 18.2 Å². The van der Waals surface area contributed by atoms with E-state index in [9.17, 15) is 9.18 Å². The Balaban J connectivity index is 2.81. The Bertz CT molecular complexity index is 311. The van der Waals surface area contributed by atoms with E-state index in [1.165, 1.54) is 0 Å². The van der Waals surface area contributed by atoms with Gasteiger partial charge in [-0.2, -0.15) is 0 Å². The highest BCUT2D eigenvalue weighted by Crippen LogP contribution is 2.10. The number of likely N-dealkylation sites (N-methyl/N-ethyl adjacent to an activating group) is 1. The number of nitrogens with zero attached hydrogens (tertiary/aromatic N) is 1. The fourth-order valence-electron chi connectivity index (χ4n) is 1.52. The van der Waals surface area contributed by atoms with Gasteiger partial charge < -0.3 is 0 Å². The topological polar surface area (TPSA) is 20.3 Å². The molecule has 0 amide bonds. The summed E-state index contributed by atoms with van der Waals surface area (Å²) in [4.78, 5) is 13.7.